The van der Waals surface area contributed by atoms with Crippen molar-refractivity contribution in [2.75, 3.05) is 13.1 Å². The molecule has 0 radical (unpaired) electrons. The Morgan fingerprint density at radius 3 is 2.29 bits per heavy atom. The number of rotatable bonds is 8. The number of unbranched alkanes of at least 4 members (excludes halogenated alkanes) is 5. The lowest BCUT2D eigenvalue weighted by Gasteiger charge is -2.36. The number of carbonyl (C=O) groups is 2. The first-order valence-electron chi connectivity index (χ1n) is 6.65. The number of amides is 1. The maximum Gasteiger partial charge on any atom is 0.310 e. The molecule has 0 aliphatic carbocycles. The predicted molar refractivity (Wildman–Crippen MR) is 65.7 cm³/mol. The highest BCUT2D eigenvalue weighted by molar-refractivity contribution is 5.80. The van der Waals surface area contributed by atoms with Gasteiger partial charge in [-0.1, -0.05) is 39.0 Å². The second-order valence-corrected chi connectivity index (χ2v) is 4.85. The van der Waals surface area contributed by atoms with Crippen LogP contribution in [0.1, 0.15) is 51.9 Å². The Hall–Kier alpha value is -1.06. The van der Waals surface area contributed by atoms with E-state index in [0.717, 1.165) is 12.8 Å². The van der Waals surface area contributed by atoms with Crippen molar-refractivity contribution >= 4 is 11.9 Å². The number of carbonyl (C=O) groups excluding carboxylic acids is 1. The summed E-state index contributed by atoms with van der Waals surface area (Å²) in [4.78, 5) is 23.8. The standard InChI is InChI=1S/C13H23NO3/c1-2-3-4-5-6-7-8-12(15)14-9-11(10-14)13(16)17/h11H,2-10H2,1H3,(H,16,17). The van der Waals surface area contributed by atoms with Crippen molar-refractivity contribution in [1.29, 1.82) is 0 Å². The number of aliphatic carboxylic acids is 1. The molecule has 1 N–H and O–H groups in total. The van der Waals surface area contributed by atoms with Gasteiger partial charge in [0.2, 0.25) is 5.91 Å². The minimum absolute atomic E-state index is 0.123. The van der Waals surface area contributed by atoms with Crippen molar-refractivity contribution in [3.05, 3.63) is 0 Å². The topological polar surface area (TPSA) is 57.6 Å². The summed E-state index contributed by atoms with van der Waals surface area (Å²) in [6.45, 7) is 3.00. The van der Waals surface area contributed by atoms with Gasteiger partial charge in [-0.25, -0.2) is 0 Å². The van der Waals surface area contributed by atoms with Crippen molar-refractivity contribution in [1.82, 2.24) is 4.90 Å². The SMILES string of the molecule is CCCCCCCCC(=O)N1CC(C(=O)O)C1. The fraction of sp³-hybridized carbons (Fsp3) is 0.846. The van der Waals surface area contributed by atoms with Crippen LogP contribution >= 0.6 is 0 Å². The molecule has 0 bridgehead atoms. The fourth-order valence-corrected chi connectivity index (χ4v) is 2.05. The first-order chi connectivity index (χ1) is 8.15. The Bertz CT molecular complexity index is 259. The summed E-state index contributed by atoms with van der Waals surface area (Å²) in [7, 11) is 0. The van der Waals surface area contributed by atoms with E-state index in [1.165, 1.54) is 25.7 Å². The number of carboxylic acids is 1. The van der Waals surface area contributed by atoms with Crippen LogP contribution < -0.4 is 0 Å². The normalized spacial score (nSPS) is 15.7. The molecule has 98 valence electrons. The summed E-state index contributed by atoms with van der Waals surface area (Å²) in [5.41, 5.74) is 0. The molecular formula is C13H23NO3. The van der Waals surface area contributed by atoms with Crippen LogP contribution in [0, 0.1) is 5.92 Å². The van der Waals surface area contributed by atoms with Crippen LogP contribution in [0.3, 0.4) is 0 Å². The molecule has 17 heavy (non-hydrogen) atoms. The molecule has 1 heterocycles. The highest BCUT2D eigenvalue weighted by atomic mass is 16.4. The molecule has 0 saturated carbocycles. The lowest BCUT2D eigenvalue weighted by molar-refractivity contribution is -0.152. The summed E-state index contributed by atoms with van der Waals surface area (Å²) < 4.78 is 0. The Morgan fingerprint density at radius 2 is 1.71 bits per heavy atom. The van der Waals surface area contributed by atoms with Crippen LogP contribution in [0.4, 0.5) is 0 Å². The molecule has 4 heteroatoms. The van der Waals surface area contributed by atoms with Gasteiger partial charge in [0.05, 0.1) is 5.92 Å². The molecule has 1 aliphatic rings. The van der Waals surface area contributed by atoms with Gasteiger partial charge in [-0.3, -0.25) is 9.59 Å². The van der Waals surface area contributed by atoms with Crippen molar-refractivity contribution in [2.45, 2.75) is 51.9 Å². The summed E-state index contributed by atoms with van der Waals surface area (Å²) in [5, 5.41) is 8.69. The van der Waals surface area contributed by atoms with Crippen LogP contribution in [0.15, 0.2) is 0 Å². The number of hydrogen-bond acceptors (Lipinski definition) is 2. The zero-order chi connectivity index (χ0) is 12.7. The third-order valence-corrected chi connectivity index (χ3v) is 3.33. The van der Waals surface area contributed by atoms with Gasteiger partial charge in [0.15, 0.2) is 0 Å². The van der Waals surface area contributed by atoms with E-state index >= 15 is 0 Å². The third-order valence-electron chi connectivity index (χ3n) is 3.33. The predicted octanol–water partition coefficient (Wildman–Crippen LogP) is 2.28. The van der Waals surface area contributed by atoms with Crippen LogP contribution in [0.2, 0.25) is 0 Å². The molecule has 0 spiro atoms. The Morgan fingerprint density at radius 1 is 1.12 bits per heavy atom. The minimum Gasteiger partial charge on any atom is -0.481 e. The molecule has 0 aromatic heterocycles. The van der Waals surface area contributed by atoms with Crippen molar-refractivity contribution in [2.24, 2.45) is 5.92 Å². The average molecular weight is 241 g/mol. The maximum atomic E-state index is 11.6. The molecule has 4 nitrogen and oxygen atoms in total. The molecule has 0 atom stereocenters. The van der Waals surface area contributed by atoms with Crippen LogP contribution in [0.25, 0.3) is 0 Å². The fourth-order valence-electron chi connectivity index (χ4n) is 2.05. The zero-order valence-corrected chi connectivity index (χ0v) is 10.7. The Balaban J connectivity index is 1.98. The smallest absolute Gasteiger partial charge is 0.310 e. The van der Waals surface area contributed by atoms with E-state index in [0.29, 0.717) is 19.5 Å². The van der Waals surface area contributed by atoms with Crippen LogP contribution in [0.5, 0.6) is 0 Å². The molecular weight excluding hydrogens is 218 g/mol. The molecule has 0 unspecified atom stereocenters. The van der Waals surface area contributed by atoms with E-state index < -0.39 is 5.97 Å². The molecule has 1 rings (SSSR count). The summed E-state index contributed by atoms with van der Waals surface area (Å²) in [5.74, 6) is -0.991. The number of carboxylic acid groups (broad SMARTS) is 1. The van der Waals surface area contributed by atoms with Crippen molar-refractivity contribution < 1.29 is 14.7 Å². The lowest BCUT2D eigenvalue weighted by Crippen LogP contribution is -2.52. The monoisotopic (exact) mass is 241 g/mol. The second-order valence-electron chi connectivity index (χ2n) is 4.85. The average Bonchev–Trinajstić information content (AvgIpc) is 2.20. The molecule has 0 aromatic carbocycles. The van der Waals surface area contributed by atoms with Gasteiger partial charge >= 0.3 is 5.97 Å². The molecule has 1 amide bonds. The molecule has 0 aromatic rings. The quantitative estimate of drug-likeness (QED) is 0.663. The van der Waals surface area contributed by atoms with E-state index in [-0.39, 0.29) is 11.8 Å². The van der Waals surface area contributed by atoms with Crippen LogP contribution in [-0.2, 0) is 9.59 Å². The largest absolute Gasteiger partial charge is 0.481 e. The van der Waals surface area contributed by atoms with E-state index in [2.05, 4.69) is 6.92 Å². The second kappa shape index (κ2) is 7.30. The van der Waals surface area contributed by atoms with Crippen LogP contribution in [-0.4, -0.2) is 35.0 Å². The maximum absolute atomic E-state index is 11.6. The van der Waals surface area contributed by atoms with Gasteiger partial charge in [0.1, 0.15) is 0 Å². The van der Waals surface area contributed by atoms with Crippen molar-refractivity contribution in [3.8, 4) is 0 Å². The number of nitrogens with zero attached hydrogens (tertiary/aromatic N) is 1. The van der Waals surface area contributed by atoms with Gasteiger partial charge in [-0.15, -0.1) is 0 Å². The van der Waals surface area contributed by atoms with Gasteiger partial charge in [0, 0.05) is 19.5 Å². The summed E-state index contributed by atoms with van der Waals surface area (Å²) in [6, 6.07) is 0. The highest BCUT2D eigenvalue weighted by Crippen LogP contribution is 2.18. The van der Waals surface area contributed by atoms with Gasteiger partial charge in [-0.2, -0.15) is 0 Å². The zero-order valence-electron chi connectivity index (χ0n) is 10.7. The Labute approximate surface area is 103 Å². The number of hydrogen-bond donors (Lipinski definition) is 1. The highest BCUT2D eigenvalue weighted by Gasteiger charge is 2.34. The first-order valence-corrected chi connectivity index (χ1v) is 6.65. The number of likely N-dealkylation sites (tertiary alicyclic amines) is 1. The van der Waals surface area contributed by atoms with E-state index in [1.54, 1.807) is 4.90 Å². The van der Waals surface area contributed by atoms with E-state index in [9.17, 15) is 9.59 Å². The lowest BCUT2D eigenvalue weighted by atomic mass is 9.99. The van der Waals surface area contributed by atoms with Crippen molar-refractivity contribution in [3.63, 3.8) is 0 Å². The summed E-state index contributed by atoms with van der Waals surface area (Å²) >= 11 is 0. The third kappa shape index (κ3) is 4.75. The van der Waals surface area contributed by atoms with Gasteiger partial charge in [-0.05, 0) is 6.42 Å². The van der Waals surface area contributed by atoms with Gasteiger partial charge < -0.3 is 10.0 Å². The summed E-state index contributed by atoms with van der Waals surface area (Å²) in [6.07, 6.45) is 7.62. The minimum atomic E-state index is -0.784. The molecule has 1 fully saturated rings. The first kappa shape index (κ1) is 14.0. The Kier molecular flexibility index (Phi) is 6.01. The van der Waals surface area contributed by atoms with E-state index in [4.69, 9.17) is 5.11 Å². The van der Waals surface area contributed by atoms with Gasteiger partial charge in [0.25, 0.3) is 0 Å². The molecule has 1 saturated heterocycles. The van der Waals surface area contributed by atoms with E-state index in [1.807, 2.05) is 0 Å². The molecule has 1 aliphatic heterocycles.